The van der Waals surface area contributed by atoms with E-state index in [1.165, 1.54) is 0 Å². The minimum absolute atomic E-state index is 0.0770. The Bertz CT molecular complexity index is 1040. The Labute approximate surface area is 166 Å². The van der Waals surface area contributed by atoms with Gasteiger partial charge >= 0.3 is 0 Å². The van der Waals surface area contributed by atoms with Gasteiger partial charge in [0.15, 0.2) is 0 Å². The summed E-state index contributed by atoms with van der Waals surface area (Å²) >= 11 is 1.58. The molecule has 1 amide bonds. The fourth-order valence-corrected chi connectivity index (χ4v) is 4.84. The quantitative estimate of drug-likeness (QED) is 0.703. The minimum atomic E-state index is -0.0770. The van der Waals surface area contributed by atoms with Crippen molar-refractivity contribution in [2.75, 3.05) is 13.2 Å². The summed E-state index contributed by atoms with van der Waals surface area (Å²) in [5, 5.41) is 3.94. The molecule has 2 fully saturated rings. The van der Waals surface area contributed by atoms with Gasteiger partial charge in [0.2, 0.25) is 0 Å². The number of carbonyl (C=O) groups is 1. The van der Waals surface area contributed by atoms with Crippen LogP contribution in [-0.4, -0.2) is 30.1 Å². The fourth-order valence-electron chi connectivity index (χ4n) is 4.16. The number of nitrogens with zero attached hydrogens (tertiary/aromatic N) is 1. The van der Waals surface area contributed by atoms with Crippen LogP contribution in [0.5, 0.6) is 5.75 Å². The summed E-state index contributed by atoms with van der Waals surface area (Å²) in [6.07, 6.45) is 1.99. The Kier molecular flexibility index (Phi) is 4.17. The highest BCUT2D eigenvalue weighted by molar-refractivity contribution is 7.09. The summed E-state index contributed by atoms with van der Waals surface area (Å²) in [6.45, 7) is 5.92. The van der Waals surface area contributed by atoms with Crippen molar-refractivity contribution in [2.24, 2.45) is 5.41 Å². The number of thiazole rings is 1. The number of fused-ring (bicyclic) bond motifs is 1. The summed E-state index contributed by atoms with van der Waals surface area (Å²) in [5.74, 6) is 1.26. The second kappa shape index (κ2) is 6.60. The average Bonchev–Trinajstić information content (AvgIpc) is 3.15. The highest BCUT2D eigenvalue weighted by Gasteiger charge is 2.50. The summed E-state index contributed by atoms with van der Waals surface area (Å²) in [4.78, 5) is 18.3. The number of amides is 1. The zero-order valence-electron chi connectivity index (χ0n) is 15.9. The molecule has 1 spiro atoms. The standard InChI is InChI=1S/C21H22N2O4S/c1-12-18(28-11-22-12)8-26-15-3-4-17-16(5-15)19(13(2)27-17)20(24)23-14-6-21(7-14)9-25-10-21/h3-5,11,14H,6-10H2,1-2H3,(H,23,24). The van der Waals surface area contributed by atoms with E-state index in [0.717, 1.165) is 42.0 Å². The van der Waals surface area contributed by atoms with E-state index in [1.807, 2.05) is 37.6 Å². The molecule has 1 aromatic carbocycles. The van der Waals surface area contributed by atoms with Crippen molar-refractivity contribution >= 4 is 28.2 Å². The predicted molar refractivity (Wildman–Crippen MR) is 106 cm³/mol. The number of nitrogens with one attached hydrogen (secondary N) is 1. The van der Waals surface area contributed by atoms with Crippen LogP contribution >= 0.6 is 11.3 Å². The van der Waals surface area contributed by atoms with Crippen molar-refractivity contribution in [2.45, 2.75) is 39.3 Å². The summed E-state index contributed by atoms with van der Waals surface area (Å²) in [6, 6.07) is 5.83. The maximum atomic E-state index is 12.9. The van der Waals surface area contributed by atoms with E-state index in [-0.39, 0.29) is 11.9 Å². The van der Waals surface area contributed by atoms with E-state index < -0.39 is 0 Å². The summed E-state index contributed by atoms with van der Waals surface area (Å²) < 4.78 is 17.0. The third kappa shape index (κ3) is 2.99. The van der Waals surface area contributed by atoms with Crippen molar-refractivity contribution in [1.82, 2.24) is 10.3 Å². The maximum absolute atomic E-state index is 12.9. The third-order valence-corrected chi connectivity index (χ3v) is 6.70. The van der Waals surface area contributed by atoms with Gasteiger partial charge < -0.3 is 19.2 Å². The molecule has 1 N–H and O–H groups in total. The Balaban J connectivity index is 1.33. The minimum Gasteiger partial charge on any atom is -0.488 e. The van der Waals surface area contributed by atoms with Gasteiger partial charge in [0.1, 0.15) is 23.7 Å². The Hall–Kier alpha value is -2.38. The Morgan fingerprint density at radius 1 is 1.36 bits per heavy atom. The summed E-state index contributed by atoms with van der Waals surface area (Å²) in [7, 11) is 0. The molecule has 28 heavy (non-hydrogen) atoms. The molecular weight excluding hydrogens is 376 g/mol. The molecule has 7 heteroatoms. The number of carbonyl (C=O) groups excluding carboxylic acids is 1. The first kappa shape index (κ1) is 17.7. The van der Waals surface area contributed by atoms with Gasteiger partial charge in [0.05, 0.1) is 34.9 Å². The van der Waals surface area contributed by atoms with Crippen molar-refractivity contribution in [3.8, 4) is 5.75 Å². The Morgan fingerprint density at radius 3 is 2.86 bits per heavy atom. The molecule has 0 atom stereocenters. The number of aromatic nitrogens is 1. The molecule has 6 nitrogen and oxygen atoms in total. The second-order valence-corrected chi connectivity index (χ2v) is 8.85. The molecule has 1 aliphatic carbocycles. The number of rotatable bonds is 5. The number of hydrogen-bond donors (Lipinski definition) is 1. The highest BCUT2D eigenvalue weighted by Crippen LogP contribution is 2.47. The predicted octanol–water partition coefficient (Wildman–Crippen LogP) is 3.99. The van der Waals surface area contributed by atoms with E-state index >= 15 is 0 Å². The normalized spacial score (nSPS) is 18.1. The molecule has 2 aromatic heterocycles. The van der Waals surface area contributed by atoms with Gasteiger partial charge in [-0.15, -0.1) is 11.3 Å². The zero-order chi connectivity index (χ0) is 19.3. The molecule has 0 unspecified atom stereocenters. The van der Waals surface area contributed by atoms with Gasteiger partial charge in [-0.2, -0.15) is 0 Å². The van der Waals surface area contributed by atoms with Gasteiger partial charge in [0, 0.05) is 16.8 Å². The molecular formula is C21H22N2O4S. The smallest absolute Gasteiger partial charge is 0.255 e. The van der Waals surface area contributed by atoms with Crippen molar-refractivity contribution < 1.29 is 18.7 Å². The van der Waals surface area contributed by atoms with Crippen molar-refractivity contribution in [3.63, 3.8) is 0 Å². The molecule has 1 saturated carbocycles. The SMILES string of the molecule is Cc1ncsc1COc1ccc2oc(C)c(C(=O)NC3CC4(COC4)C3)c2c1. The van der Waals surface area contributed by atoms with E-state index in [9.17, 15) is 4.79 Å². The van der Waals surface area contributed by atoms with Crippen LogP contribution in [0, 0.1) is 19.3 Å². The molecule has 0 bridgehead atoms. The lowest BCUT2D eigenvalue weighted by molar-refractivity contribution is -0.165. The molecule has 2 aliphatic rings. The van der Waals surface area contributed by atoms with E-state index in [1.54, 1.807) is 11.3 Å². The van der Waals surface area contributed by atoms with Crippen LogP contribution in [0.15, 0.2) is 28.1 Å². The van der Waals surface area contributed by atoms with E-state index in [0.29, 0.717) is 34.7 Å². The van der Waals surface area contributed by atoms with Crippen molar-refractivity contribution in [3.05, 3.63) is 45.6 Å². The molecule has 1 saturated heterocycles. The highest BCUT2D eigenvalue weighted by atomic mass is 32.1. The summed E-state index contributed by atoms with van der Waals surface area (Å²) in [5.41, 5.74) is 4.42. The topological polar surface area (TPSA) is 73.6 Å². The van der Waals surface area contributed by atoms with Crippen LogP contribution in [0.3, 0.4) is 0 Å². The lowest BCUT2D eigenvalue weighted by atomic mass is 9.64. The first-order valence-corrected chi connectivity index (χ1v) is 10.3. The second-order valence-electron chi connectivity index (χ2n) is 7.91. The lowest BCUT2D eigenvalue weighted by Crippen LogP contribution is -2.59. The van der Waals surface area contributed by atoms with Crippen LogP contribution in [0.25, 0.3) is 11.0 Å². The van der Waals surface area contributed by atoms with Gasteiger partial charge in [-0.1, -0.05) is 0 Å². The third-order valence-electron chi connectivity index (χ3n) is 5.79. The zero-order valence-corrected chi connectivity index (χ0v) is 16.7. The van der Waals surface area contributed by atoms with E-state index in [2.05, 4.69) is 10.3 Å². The van der Waals surface area contributed by atoms with Crippen LogP contribution < -0.4 is 10.1 Å². The first-order chi connectivity index (χ1) is 13.5. The first-order valence-electron chi connectivity index (χ1n) is 9.47. The molecule has 0 radical (unpaired) electrons. The van der Waals surface area contributed by atoms with E-state index in [4.69, 9.17) is 13.9 Å². The fraction of sp³-hybridized carbons (Fsp3) is 0.429. The number of hydrogen-bond acceptors (Lipinski definition) is 6. The van der Waals surface area contributed by atoms with Gasteiger partial charge in [-0.05, 0) is 44.9 Å². The van der Waals surface area contributed by atoms with Gasteiger partial charge in [0.25, 0.3) is 5.91 Å². The molecule has 1 aliphatic heterocycles. The van der Waals surface area contributed by atoms with Gasteiger partial charge in [-0.3, -0.25) is 4.79 Å². The van der Waals surface area contributed by atoms with Crippen LogP contribution in [0.4, 0.5) is 0 Å². The van der Waals surface area contributed by atoms with Crippen molar-refractivity contribution in [1.29, 1.82) is 0 Å². The average molecular weight is 398 g/mol. The number of ether oxygens (including phenoxy) is 2. The number of benzene rings is 1. The van der Waals surface area contributed by atoms with Crippen LogP contribution in [0.2, 0.25) is 0 Å². The largest absolute Gasteiger partial charge is 0.488 e. The number of furan rings is 1. The molecule has 3 aromatic rings. The number of aryl methyl sites for hydroxylation is 2. The molecule has 3 heterocycles. The maximum Gasteiger partial charge on any atom is 0.255 e. The van der Waals surface area contributed by atoms with Crippen LogP contribution in [0.1, 0.15) is 39.5 Å². The van der Waals surface area contributed by atoms with Gasteiger partial charge in [-0.25, -0.2) is 4.98 Å². The Morgan fingerprint density at radius 2 is 2.18 bits per heavy atom. The monoisotopic (exact) mass is 398 g/mol. The van der Waals surface area contributed by atoms with Crippen LogP contribution in [-0.2, 0) is 11.3 Å². The molecule has 146 valence electrons. The molecule has 5 rings (SSSR count). The lowest BCUT2D eigenvalue weighted by Gasteiger charge is -2.53.